The molecule has 3 rings (SSSR count). The monoisotopic (exact) mass is 490 g/mol. The summed E-state index contributed by atoms with van der Waals surface area (Å²) in [5.41, 5.74) is 1.05. The van der Waals surface area contributed by atoms with E-state index in [0.717, 1.165) is 0 Å². The topological polar surface area (TPSA) is 87.8 Å². The molecule has 0 N–H and O–H groups in total. The second-order valence-electron chi connectivity index (χ2n) is 8.24. The quantitative estimate of drug-likeness (QED) is 0.328. The average molecular weight is 491 g/mol. The predicted molar refractivity (Wildman–Crippen MR) is 134 cm³/mol. The number of methoxy groups -OCH3 is 1. The maximum absolute atomic E-state index is 13.1. The van der Waals surface area contributed by atoms with Crippen molar-refractivity contribution in [2.45, 2.75) is 52.9 Å². The number of nitrogens with zero attached hydrogens (tertiary/aromatic N) is 4. The third-order valence-corrected chi connectivity index (χ3v) is 7.14. The summed E-state index contributed by atoms with van der Waals surface area (Å²) in [6.45, 7) is 10.3. The number of hydrogen-bond acceptors (Lipinski definition) is 8. The molecule has 1 aromatic heterocycles. The lowest BCUT2D eigenvalue weighted by Gasteiger charge is -2.39. The fourth-order valence-electron chi connectivity index (χ4n) is 4.32. The van der Waals surface area contributed by atoms with Crippen molar-refractivity contribution in [3.8, 4) is 6.07 Å². The van der Waals surface area contributed by atoms with E-state index in [0.29, 0.717) is 65.4 Å². The van der Waals surface area contributed by atoms with Gasteiger partial charge in [-0.25, -0.2) is 0 Å². The maximum atomic E-state index is 13.1. The molecule has 2 saturated heterocycles. The molecule has 1 aromatic rings. The van der Waals surface area contributed by atoms with Crippen molar-refractivity contribution < 1.29 is 14.3 Å². The van der Waals surface area contributed by atoms with E-state index in [2.05, 4.69) is 11.0 Å². The van der Waals surface area contributed by atoms with E-state index >= 15 is 0 Å². The molecule has 178 valence electrons. The molecule has 10 heteroatoms. The van der Waals surface area contributed by atoms with E-state index in [1.54, 1.807) is 29.6 Å². The Morgan fingerprint density at radius 3 is 2.55 bits per heavy atom. The number of morpholine rings is 1. The van der Waals surface area contributed by atoms with E-state index in [-0.39, 0.29) is 29.2 Å². The van der Waals surface area contributed by atoms with Crippen molar-refractivity contribution in [1.29, 1.82) is 5.26 Å². The van der Waals surface area contributed by atoms with Crippen LogP contribution >= 0.6 is 24.0 Å². The van der Waals surface area contributed by atoms with Gasteiger partial charge in [-0.05, 0) is 45.8 Å². The number of ether oxygens (including phenoxy) is 2. The molecule has 0 bridgehead atoms. The van der Waals surface area contributed by atoms with Crippen LogP contribution in [0.2, 0.25) is 0 Å². The van der Waals surface area contributed by atoms with Crippen molar-refractivity contribution in [2.24, 2.45) is 0 Å². The Morgan fingerprint density at radius 1 is 1.30 bits per heavy atom. The van der Waals surface area contributed by atoms with Gasteiger partial charge in [-0.15, -0.1) is 0 Å². The van der Waals surface area contributed by atoms with Crippen molar-refractivity contribution >= 4 is 46.1 Å². The normalized spacial score (nSPS) is 22.4. The van der Waals surface area contributed by atoms with Crippen LogP contribution < -0.4 is 10.5 Å². The molecule has 0 spiro atoms. The summed E-state index contributed by atoms with van der Waals surface area (Å²) in [7, 11) is 1.62. The number of thioether (sulfide) groups is 1. The van der Waals surface area contributed by atoms with Gasteiger partial charge in [-0.3, -0.25) is 19.1 Å². The summed E-state index contributed by atoms with van der Waals surface area (Å²) in [6, 6.07) is 2.07. The molecule has 8 nitrogen and oxygen atoms in total. The van der Waals surface area contributed by atoms with Gasteiger partial charge in [0.2, 0.25) is 0 Å². The molecule has 0 radical (unpaired) electrons. The molecule has 1 amide bonds. The number of thiocarbonyl (C=S) groups is 1. The zero-order valence-corrected chi connectivity index (χ0v) is 21.3. The molecule has 2 atom stereocenters. The molecular formula is C23H30N4O4S2. The highest BCUT2D eigenvalue weighted by molar-refractivity contribution is 8.26. The fraction of sp³-hybridized carbons (Fsp3) is 0.565. The number of carbonyl (C=O) groups is 1. The number of carbonyl (C=O) groups excluding carboxylic acids is 1. The van der Waals surface area contributed by atoms with E-state index in [4.69, 9.17) is 21.7 Å². The first-order chi connectivity index (χ1) is 15.7. The van der Waals surface area contributed by atoms with E-state index < -0.39 is 0 Å². The maximum Gasteiger partial charge on any atom is 0.270 e. The van der Waals surface area contributed by atoms with Gasteiger partial charge in [0.15, 0.2) is 0 Å². The highest BCUT2D eigenvalue weighted by Crippen LogP contribution is 2.36. The van der Waals surface area contributed by atoms with Crippen LogP contribution in [0, 0.1) is 18.3 Å². The zero-order chi connectivity index (χ0) is 24.3. The Bertz CT molecular complexity index is 1070. The van der Waals surface area contributed by atoms with Crippen LogP contribution in [0.15, 0.2) is 9.70 Å². The minimum absolute atomic E-state index is 0.0167. The lowest BCUT2D eigenvalue weighted by atomic mass is 10.0. The summed E-state index contributed by atoms with van der Waals surface area (Å²) in [4.78, 5) is 30.5. The Hall–Kier alpha value is -2.19. The molecule has 2 aliphatic heterocycles. The molecule has 0 saturated carbocycles. The molecule has 3 heterocycles. The second-order valence-corrected chi connectivity index (χ2v) is 9.92. The first kappa shape index (κ1) is 25.4. The highest BCUT2D eigenvalue weighted by Gasteiger charge is 2.34. The van der Waals surface area contributed by atoms with Crippen molar-refractivity contribution in [1.82, 2.24) is 9.47 Å². The largest absolute Gasteiger partial charge is 0.385 e. The van der Waals surface area contributed by atoms with E-state index in [1.807, 2.05) is 20.8 Å². The van der Waals surface area contributed by atoms with Crippen molar-refractivity contribution in [3.63, 3.8) is 0 Å². The van der Waals surface area contributed by atoms with E-state index in [1.165, 1.54) is 11.8 Å². The van der Waals surface area contributed by atoms with Gasteiger partial charge >= 0.3 is 0 Å². The van der Waals surface area contributed by atoms with Crippen LogP contribution in [0.4, 0.5) is 5.82 Å². The minimum atomic E-state index is -0.316. The summed E-state index contributed by atoms with van der Waals surface area (Å²) in [5, 5.41) is 9.72. The first-order valence-corrected chi connectivity index (χ1v) is 12.3. The summed E-state index contributed by atoms with van der Waals surface area (Å²) in [5.74, 6) is 0.550. The fourth-order valence-corrected chi connectivity index (χ4v) is 5.61. The van der Waals surface area contributed by atoms with Gasteiger partial charge in [0.1, 0.15) is 21.8 Å². The number of pyridine rings is 1. The molecular weight excluding hydrogens is 460 g/mol. The van der Waals surface area contributed by atoms with Gasteiger partial charge in [-0.2, -0.15) is 5.26 Å². The SMILES string of the molecule is CCn1c(N2CC(C)OC(C)C2)c(C=C2SC(=S)N(CCCOC)C2=O)c(C)c(C#N)c1=O. The molecule has 2 unspecified atom stereocenters. The number of aromatic nitrogens is 1. The Balaban J connectivity index is 2.15. The summed E-state index contributed by atoms with van der Waals surface area (Å²) >= 11 is 6.70. The number of hydrogen-bond donors (Lipinski definition) is 0. The van der Waals surface area contributed by atoms with Crippen LogP contribution in [0.25, 0.3) is 6.08 Å². The Kier molecular flexibility index (Phi) is 8.34. The van der Waals surface area contributed by atoms with Gasteiger partial charge in [0.05, 0.1) is 17.1 Å². The third kappa shape index (κ3) is 5.17. The number of amides is 1. The average Bonchev–Trinajstić information content (AvgIpc) is 3.02. The predicted octanol–water partition coefficient (Wildman–Crippen LogP) is 2.90. The molecule has 33 heavy (non-hydrogen) atoms. The van der Waals surface area contributed by atoms with Crippen LogP contribution in [-0.4, -0.2) is 65.3 Å². The van der Waals surface area contributed by atoms with E-state index in [9.17, 15) is 14.9 Å². The van der Waals surface area contributed by atoms with Crippen LogP contribution in [-0.2, 0) is 20.8 Å². The van der Waals surface area contributed by atoms with Gasteiger partial charge in [0.25, 0.3) is 11.5 Å². The van der Waals surface area contributed by atoms with Gasteiger partial charge in [0, 0.05) is 45.5 Å². The van der Waals surface area contributed by atoms with Crippen molar-refractivity contribution in [3.05, 3.63) is 31.9 Å². The lowest BCUT2D eigenvalue weighted by molar-refractivity contribution is -0.122. The first-order valence-electron chi connectivity index (χ1n) is 11.1. The van der Waals surface area contributed by atoms with Crippen LogP contribution in [0.1, 0.15) is 43.9 Å². The molecule has 0 aliphatic carbocycles. The highest BCUT2D eigenvalue weighted by atomic mass is 32.2. The smallest absolute Gasteiger partial charge is 0.270 e. The third-order valence-electron chi connectivity index (χ3n) is 5.76. The van der Waals surface area contributed by atoms with Crippen LogP contribution in [0.5, 0.6) is 0 Å². The second kappa shape index (κ2) is 10.8. The Morgan fingerprint density at radius 2 is 1.97 bits per heavy atom. The zero-order valence-electron chi connectivity index (χ0n) is 19.7. The summed E-state index contributed by atoms with van der Waals surface area (Å²) in [6.07, 6.45) is 2.44. The van der Waals surface area contributed by atoms with Crippen molar-refractivity contribution in [2.75, 3.05) is 38.3 Å². The molecule has 2 aliphatic rings. The lowest BCUT2D eigenvalue weighted by Crippen LogP contribution is -2.48. The van der Waals surface area contributed by atoms with Crippen LogP contribution in [0.3, 0.4) is 0 Å². The van der Waals surface area contributed by atoms with Gasteiger partial charge < -0.3 is 14.4 Å². The number of anilines is 1. The van der Waals surface area contributed by atoms with Gasteiger partial charge in [-0.1, -0.05) is 24.0 Å². The minimum Gasteiger partial charge on any atom is -0.385 e. The molecule has 2 fully saturated rings. The standard InChI is InChI=1S/C23H30N4O4S2/c1-6-26-20(25-12-14(2)31-15(3)13-25)17(16(4)18(11-24)21(26)28)10-19-22(29)27(23(32)33-19)8-7-9-30-5/h10,14-15H,6-9,12-13H2,1-5H3. The number of nitriles is 1. The molecule has 0 aromatic carbocycles. The Labute approximate surface area is 204 Å². The number of rotatable bonds is 7. The summed E-state index contributed by atoms with van der Waals surface area (Å²) < 4.78 is 13.1.